The second-order valence-corrected chi connectivity index (χ2v) is 7.33. The van der Waals surface area contributed by atoms with E-state index in [1.165, 1.54) is 6.07 Å². The fourth-order valence-corrected chi connectivity index (χ4v) is 3.92. The molecule has 0 aliphatic carbocycles. The van der Waals surface area contributed by atoms with Gasteiger partial charge < -0.3 is 19.5 Å². The Labute approximate surface area is 158 Å². The molecule has 2 aromatic heterocycles. The van der Waals surface area contributed by atoms with Crippen LogP contribution < -0.4 is 10.2 Å². The molecule has 1 saturated heterocycles. The number of piperazine rings is 1. The Kier molecular flexibility index (Phi) is 4.50. The minimum atomic E-state index is -0.681. The molecule has 9 nitrogen and oxygen atoms in total. The van der Waals surface area contributed by atoms with Crippen molar-refractivity contribution in [3.05, 3.63) is 46.2 Å². The van der Waals surface area contributed by atoms with Gasteiger partial charge in [0.05, 0.1) is 16.3 Å². The first-order valence-electron chi connectivity index (χ1n) is 8.39. The zero-order valence-corrected chi connectivity index (χ0v) is 15.4. The molecule has 4 rings (SSSR count). The molecular weight excluding hydrogens is 370 g/mol. The number of benzene rings is 1. The Morgan fingerprint density at radius 2 is 2.04 bits per heavy atom. The summed E-state index contributed by atoms with van der Waals surface area (Å²) >= 11 is 1.58. The molecule has 0 radical (unpaired) electrons. The van der Waals surface area contributed by atoms with Gasteiger partial charge >= 0.3 is 5.88 Å². The normalized spacial score (nSPS) is 15.2. The second kappa shape index (κ2) is 6.97. The third kappa shape index (κ3) is 3.62. The van der Waals surface area contributed by atoms with E-state index in [1.807, 2.05) is 12.1 Å². The van der Waals surface area contributed by atoms with Crippen molar-refractivity contribution in [2.45, 2.75) is 0 Å². The summed E-state index contributed by atoms with van der Waals surface area (Å²) in [6.45, 7) is 3.90. The lowest BCUT2D eigenvalue weighted by molar-refractivity contribution is -0.402. The number of hydrogen-bond acceptors (Lipinski definition) is 8. The largest absolute Gasteiger partial charge is 0.433 e. The number of thiazole rings is 1. The predicted molar refractivity (Wildman–Crippen MR) is 103 cm³/mol. The van der Waals surface area contributed by atoms with Gasteiger partial charge in [0.2, 0.25) is 0 Å². The highest BCUT2D eigenvalue weighted by Crippen LogP contribution is 2.31. The van der Waals surface area contributed by atoms with E-state index in [1.54, 1.807) is 17.4 Å². The molecule has 3 heterocycles. The SMILES string of the molecule is CN1CCN(c2nc3ccc(NC(=O)c4ccc([N+](=O)[O-])o4)cc3s2)CC1. The van der Waals surface area contributed by atoms with Crippen molar-refractivity contribution in [3.8, 4) is 0 Å². The van der Waals surface area contributed by atoms with Crippen LogP contribution >= 0.6 is 11.3 Å². The van der Waals surface area contributed by atoms with Crippen LogP contribution in [0.3, 0.4) is 0 Å². The van der Waals surface area contributed by atoms with Gasteiger partial charge in [-0.05, 0) is 31.3 Å². The summed E-state index contributed by atoms with van der Waals surface area (Å²) < 4.78 is 5.89. The van der Waals surface area contributed by atoms with Crippen LogP contribution in [0.25, 0.3) is 10.2 Å². The molecule has 0 atom stereocenters. The quantitative estimate of drug-likeness (QED) is 0.542. The Morgan fingerprint density at radius 1 is 1.26 bits per heavy atom. The average molecular weight is 387 g/mol. The fourth-order valence-electron chi connectivity index (χ4n) is 2.86. The van der Waals surface area contributed by atoms with Gasteiger partial charge in [-0.1, -0.05) is 11.3 Å². The number of carbonyl (C=O) groups excluding carboxylic acids is 1. The van der Waals surface area contributed by atoms with E-state index in [4.69, 9.17) is 4.42 Å². The van der Waals surface area contributed by atoms with Gasteiger partial charge in [-0.25, -0.2) is 4.98 Å². The third-order valence-corrected chi connectivity index (χ3v) is 5.48. The Bertz CT molecular complexity index is 1010. The maximum absolute atomic E-state index is 12.2. The van der Waals surface area contributed by atoms with Crippen LogP contribution in [-0.4, -0.2) is 53.9 Å². The zero-order chi connectivity index (χ0) is 19.0. The van der Waals surface area contributed by atoms with Crippen LogP contribution in [0.2, 0.25) is 0 Å². The third-order valence-electron chi connectivity index (χ3n) is 4.40. The van der Waals surface area contributed by atoms with E-state index in [0.717, 1.165) is 47.6 Å². The van der Waals surface area contributed by atoms with Crippen molar-refractivity contribution >= 4 is 44.2 Å². The van der Waals surface area contributed by atoms with Crippen molar-refractivity contribution < 1.29 is 14.1 Å². The van der Waals surface area contributed by atoms with Gasteiger partial charge in [-0.3, -0.25) is 14.9 Å². The van der Waals surface area contributed by atoms with E-state index in [0.29, 0.717) is 5.69 Å². The molecule has 0 bridgehead atoms. The highest BCUT2D eigenvalue weighted by Gasteiger charge is 2.19. The molecule has 1 aliphatic rings. The smallest absolute Gasteiger partial charge is 0.395 e. The van der Waals surface area contributed by atoms with Crippen LogP contribution in [0.5, 0.6) is 0 Å². The molecule has 3 aromatic rings. The number of amides is 1. The number of aromatic nitrogens is 1. The minimum Gasteiger partial charge on any atom is -0.395 e. The molecule has 1 fully saturated rings. The monoisotopic (exact) mass is 387 g/mol. The van der Waals surface area contributed by atoms with Crippen LogP contribution in [0.15, 0.2) is 34.7 Å². The van der Waals surface area contributed by atoms with Crippen molar-refractivity contribution in [2.24, 2.45) is 0 Å². The van der Waals surface area contributed by atoms with Crippen LogP contribution in [0, 0.1) is 10.1 Å². The van der Waals surface area contributed by atoms with Crippen molar-refractivity contribution in [2.75, 3.05) is 43.4 Å². The lowest BCUT2D eigenvalue weighted by atomic mass is 10.3. The van der Waals surface area contributed by atoms with Gasteiger partial charge in [-0.15, -0.1) is 0 Å². The number of furan rings is 1. The average Bonchev–Trinajstić information content (AvgIpc) is 3.29. The highest BCUT2D eigenvalue weighted by molar-refractivity contribution is 7.22. The van der Waals surface area contributed by atoms with E-state index in [9.17, 15) is 14.9 Å². The number of nitro groups is 1. The molecule has 1 aliphatic heterocycles. The van der Waals surface area contributed by atoms with Crippen molar-refractivity contribution in [1.82, 2.24) is 9.88 Å². The number of nitrogens with zero attached hydrogens (tertiary/aromatic N) is 4. The Balaban J connectivity index is 1.51. The van der Waals surface area contributed by atoms with Gasteiger partial charge in [0.25, 0.3) is 5.91 Å². The first-order chi connectivity index (χ1) is 13.0. The van der Waals surface area contributed by atoms with Gasteiger partial charge in [0, 0.05) is 31.9 Å². The lowest BCUT2D eigenvalue weighted by Gasteiger charge is -2.31. The number of hydrogen-bond donors (Lipinski definition) is 1. The fraction of sp³-hybridized carbons (Fsp3) is 0.294. The molecule has 1 aromatic carbocycles. The van der Waals surface area contributed by atoms with Crippen molar-refractivity contribution in [3.63, 3.8) is 0 Å². The number of rotatable bonds is 4. The topological polar surface area (TPSA) is 105 Å². The van der Waals surface area contributed by atoms with Crippen LogP contribution in [0.1, 0.15) is 10.6 Å². The Morgan fingerprint density at radius 3 is 2.74 bits per heavy atom. The zero-order valence-electron chi connectivity index (χ0n) is 14.5. The van der Waals surface area contributed by atoms with E-state index in [-0.39, 0.29) is 5.76 Å². The maximum Gasteiger partial charge on any atom is 0.433 e. The maximum atomic E-state index is 12.2. The summed E-state index contributed by atoms with van der Waals surface area (Å²) in [5, 5.41) is 14.3. The van der Waals surface area contributed by atoms with Gasteiger partial charge in [0.15, 0.2) is 10.9 Å². The molecule has 140 valence electrons. The molecule has 1 N–H and O–H groups in total. The highest BCUT2D eigenvalue weighted by atomic mass is 32.1. The Hall–Kier alpha value is -2.98. The summed E-state index contributed by atoms with van der Waals surface area (Å²) in [5.74, 6) is -1.11. The van der Waals surface area contributed by atoms with Crippen LogP contribution in [0.4, 0.5) is 16.7 Å². The number of anilines is 2. The first-order valence-corrected chi connectivity index (χ1v) is 9.21. The minimum absolute atomic E-state index is 0.107. The molecule has 1 amide bonds. The molecule has 0 spiro atoms. The standard InChI is InChI=1S/C17H17N5O4S/c1-20-6-8-21(9-7-20)17-19-12-3-2-11(10-14(12)27-17)18-16(23)13-4-5-15(26-13)22(24)25/h2-5,10H,6-9H2,1H3,(H,18,23). The summed E-state index contributed by atoms with van der Waals surface area (Å²) in [5.41, 5.74) is 1.46. The number of fused-ring (bicyclic) bond motifs is 1. The van der Waals surface area contributed by atoms with Crippen molar-refractivity contribution in [1.29, 1.82) is 0 Å². The number of nitrogens with one attached hydrogen (secondary N) is 1. The second-order valence-electron chi connectivity index (χ2n) is 6.32. The molecule has 0 saturated carbocycles. The lowest BCUT2D eigenvalue weighted by Crippen LogP contribution is -2.44. The predicted octanol–water partition coefficient (Wildman–Crippen LogP) is 2.80. The molecular formula is C17H17N5O4S. The molecule has 0 unspecified atom stereocenters. The summed E-state index contributed by atoms with van der Waals surface area (Å²) in [7, 11) is 2.11. The van der Waals surface area contributed by atoms with E-state index < -0.39 is 16.7 Å². The number of likely N-dealkylation sites (N-methyl/N-ethyl adjacent to an activating group) is 1. The summed E-state index contributed by atoms with van der Waals surface area (Å²) in [6.07, 6.45) is 0. The number of carbonyl (C=O) groups is 1. The summed E-state index contributed by atoms with van der Waals surface area (Å²) in [6, 6.07) is 7.90. The van der Waals surface area contributed by atoms with E-state index in [2.05, 4.69) is 27.1 Å². The summed E-state index contributed by atoms with van der Waals surface area (Å²) in [4.78, 5) is 31.4. The van der Waals surface area contributed by atoms with E-state index >= 15 is 0 Å². The first kappa shape index (κ1) is 17.4. The van der Waals surface area contributed by atoms with Gasteiger partial charge in [-0.2, -0.15) is 0 Å². The molecule has 10 heteroatoms. The van der Waals surface area contributed by atoms with Crippen LogP contribution in [-0.2, 0) is 0 Å². The van der Waals surface area contributed by atoms with Gasteiger partial charge in [0.1, 0.15) is 4.92 Å². The molecule has 27 heavy (non-hydrogen) atoms.